The fraction of sp³-hybridized carbons (Fsp3) is 0.357. The molecule has 111 heavy (non-hydrogen) atoms. The van der Waals surface area contributed by atoms with Gasteiger partial charge in [0.1, 0.15) is 81.9 Å². The minimum atomic E-state index is -2.12. The number of alkyl carbamates (subject to hydrolysis) is 5. The molecule has 0 aromatic heterocycles. The maximum Gasteiger partial charge on any atom is 0.407 e. The highest BCUT2D eigenvalue weighted by atomic mass is 16.7. The van der Waals surface area contributed by atoms with Crippen LogP contribution in [0.3, 0.4) is 0 Å². The van der Waals surface area contributed by atoms with Crippen molar-refractivity contribution >= 4 is 36.4 Å². The molecule has 27 heteroatoms. The second-order valence-electron chi connectivity index (χ2n) is 26.8. The monoisotopic (exact) mass is 1520 g/mol. The van der Waals surface area contributed by atoms with Gasteiger partial charge in [-0.15, -0.1) is 0 Å². The van der Waals surface area contributed by atoms with Crippen molar-refractivity contribution in [1.29, 1.82) is 0 Å². The zero-order chi connectivity index (χ0) is 77.4. The number of amides is 6. The molecule has 2 saturated heterocycles. The zero-order valence-corrected chi connectivity index (χ0v) is 61.1. The van der Waals surface area contributed by atoms with Crippen LogP contribution in [-0.4, -0.2) is 163 Å². The number of aliphatic hydroxyl groups is 3. The van der Waals surface area contributed by atoms with Crippen molar-refractivity contribution in [2.45, 2.75) is 170 Å². The Hall–Kier alpha value is -10.8. The lowest BCUT2D eigenvalue weighted by atomic mass is 9.80. The molecule has 11 rings (SSSR count). The molecule has 3 fully saturated rings. The molecule has 7 unspecified atom stereocenters. The molecular weight excluding hydrogens is 1430 g/mol. The number of benzene rings is 8. The number of rotatable bonds is 35. The third-order valence-electron chi connectivity index (χ3n) is 18.8. The van der Waals surface area contributed by atoms with E-state index >= 15 is 4.79 Å². The van der Waals surface area contributed by atoms with E-state index in [9.17, 15) is 39.3 Å². The van der Waals surface area contributed by atoms with Crippen LogP contribution < -0.4 is 31.9 Å². The Bertz CT molecular complexity index is 4100. The van der Waals surface area contributed by atoms with Crippen LogP contribution in [0, 0.1) is 0 Å². The first-order valence-corrected chi connectivity index (χ1v) is 37.0. The van der Waals surface area contributed by atoms with Gasteiger partial charge in [0, 0.05) is 13.1 Å². The molecule has 15 atom stereocenters. The lowest BCUT2D eigenvalue weighted by molar-refractivity contribution is -0.329. The van der Waals surface area contributed by atoms with Crippen molar-refractivity contribution < 1.29 is 101 Å². The molecule has 6 amide bonds. The summed E-state index contributed by atoms with van der Waals surface area (Å²) < 4.78 is 76.5. The van der Waals surface area contributed by atoms with E-state index < -0.39 is 135 Å². The number of carbonyl (C=O) groups excluding carboxylic acids is 6. The topological polar surface area (TPSA) is 346 Å². The summed E-state index contributed by atoms with van der Waals surface area (Å²) in [6, 6.07) is 65.7. The van der Waals surface area contributed by atoms with Crippen molar-refractivity contribution in [3.8, 4) is 0 Å². The Morgan fingerprint density at radius 3 is 1.19 bits per heavy atom. The summed E-state index contributed by atoms with van der Waals surface area (Å²) in [5.74, 6) is -0.807. The molecule has 8 aromatic carbocycles. The van der Waals surface area contributed by atoms with Crippen LogP contribution in [0.1, 0.15) is 70.2 Å². The predicted octanol–water partition coefficient (Wildman–Crippen LogP) is 9.47. The van der Waals surface area contributed by atoms with Gasteiger partial charge in [-0.25, -0.2) is 24.0 Å². The van der Waals surface area contributed by atoms with E-state index in [0.717, 1.165) is 11.1 Å². The number of nitrogens with one attached hydrogen (secondary N) is 6. The molecule has 0 bridgehead atoms. The average molecular weight is 1520 g/mol. The van der Waals surface area contributed by atoms with Crippen LogP contribution in [-0.2, 0) is 114 Å². The summed E-state index contributed by atoms with van der Waals surface area (Å²) >= 11 is 0. The number of hydrogen-bond donors (Lipinski definition) is 9. The van der Waals surface area contributed by atoms with Crippen LogP contribution in [0.2, 0.25) is 0 Å². The smallest absolute Gasteiger partial charge is 0.407 e. The minimum absolute atomic E-state index is 0.000753. The SMILES string of the molecule is O=C(NCCC[C@H](OCc1ccccc1)C(=O)N[C@@H]1C(OCc2ccccc2)[C@H](NC(=O)OCc2ccccc2)C(O[C@H]2OC(CNC(=O)OCc3ccccc3)CCC2NC(=O)OCc2ccccc2)C(O)[C@H]1O[C@H]1OC(CO)[C@@H](O)[C@H](NC(=O)OCc2ccccc2)C1OCc1ccccc1)OCc1ccccc1. The van der Waals surface area contributed by atoms with Crippen LogP contribution in [0.5, 0.6) is 0 Å². The van der Waals surface area contributed by atoms with Crippen molar-refractivity contribution in [3.05, 3.63) is 287 Å². The number of carbonyl (C=O) groups is 6. The molecule has 9 N–H and O–H groups in total. The largest absolute Gasteiger partial charge is 0.445 e. The zero-order valence-electron chi connectivity index (χ0n) is 61.1. The molecule has 1 aliphatic carbocycles. The number of ether oxygens (including phenoxy) is 12. The molecule has 1 saturated carbocycles. The molecule has 27 nitrogen and oxygen atoms in total. The highest BCUT2D eigenvalue weighted by Gasteiger charge is 2.58. The van der Waals surface area contributed by atoms with Crippen LogP contribution >= 0.6 is 0 Å². The van der Waals surface area contributed by atoms with Crippen molar-refractivity contribution in [2.24, 2.45) is 0 Å². The van der Waals surface area contributed by atoms with E-state index in [0.29, 0.717) is 33.4 Å². The second-order valence-corrected chi connectivity index (χ2v) is 26.8. The van der Waals surface area contributed by atoms with Crippen molar-refractivity contribution in [1.82, 2.24) is 31.9 Å². The maximum atomic E-state index is 15.9. The first kappa shape index (κ1) is 81.2. The van der Waals surface area contributed by atoms with Gasteiger partial charge in [0.15, 0.2) is 12.6 Å². The highest BCUT2D eigenvalue weighted by Crippen LogP contribution is 2.36. The summed E-state index contributed by atoms with van der Waals surface area (Å²) in [7, 11) is 0. The van der Waals surface area contributed by atoms with Crippen LogP contribution in [0.25, 0.3) is 0 Å². The van der Waals surface area contributed by atoms with Crippen molar-refractivity contribution in [3.63, 3.8) is 0 Å². The summed E-state index contributed by atoms with van der Waals surface area (Å²) in [6.45, 7) is -2.17. The van der Waals surface area contributed by atoms with E-state index in [-0.39, 0.29) is 91.6 Å². The predicted molar refractivity (Wildman–Crippen MR) is 402 cm³/mol. The molecular formula is C84H94N6O21. The van der Waals surface area contributed by atoms with Crippen LogP contribution in [0.4, 0.5) is 24.0 Å². The van der Waals surface area contributed by atoms with E-state index in [1.54, 1.807) is 158 Å². The lowest BCUT2D eigenvalue weighted by Gasteiger charge is -2.52. The van der Waals surface area contributed by atoms with Gasteiger partial charge in [0.05, 0.1) is 56.7 Å². The molecule has 586 valence electrons. The quantitative estimate of drug-likeness (QED) is 0.0132. The fourth-order valence-electron chi connectivity index (χ4n) is 13.0. The normalized spacial score (nSPS) is 23.1. The second kappa shape index (κ2) is 43.0. The third-order valence-corrected chi connectivity index (χ3v) is 18.8. The molecule has 2 aliphatic heterocycles. The van der Waals surface area contributed by atoms with Crippen molar-refractivity contribution in [2.75, 3.05) is 19.7 Å². The van der Waals surface area contributed by atoms with Gasteiger partial charge in [-0.05, 0) is 70.2 Å². The lowest BCUT2D eigenvalue weighted by Crippen LogP contribution is -2.75. The molecule has 0 spiro atoms. The highest BCUT2D eigenvalue weighted by molar-refractivity contribution is 5.81. The van der Waals surface area contributed by atoms with E-state index in [2.05, 4.69) is 31.9 Å². The van der Waals surface area contributed by atoms with Gasteiger partial charge in [-0.2, -0.15) is 0 Å². The Balaban J connectivity index is 0.997. The summed E-state index contributed by atoms with van der Waals surface area (Å²) in [5.41, 5.74) is 5.35. The Kier molecular flexibility index (Phi) is 31.4. The molecule has 8 aromatic rings. The van der Waals surface area contributed by atoms with Gasteiger partial charge in [0.25, 0.3) is 0 Å². The number of aliphatic hydroxyl groups excluding tert-OH is 3. The van der Waals surface area contributed by atoms with Crippen LogP contribution in [0.15, 0.2) is 243 Å². The first-order valence-electron chi connectivity index (χ1n) is 37.0. The average Bonchev–Trinajstić information content (AvgIpc) is 0.752. The summed E-state index contributed by atoms with van der Waals surface area (Å²) in [5, 5.41) is 54.6. The molecule has 3 aliphatic rings. The van der Waals surface area contributed by atoms with E-state index in [1.165, 1.54) is 0 Å². The van der Waals surface area contributed by atoms with Gasteiger partial charge < -0.3 is 104 Å². The van der Waals surface area contributed by atoms with Gasteiger partial charge in [-0.1, -0.05) is 243 Å². The third kappa shape index (κ3) is 25.4. The standard InChI is InChI=1S/C84H94N6O21/c91-47-67-71(92)68(89-83(98)106-54-62-38-21-7-22-39-62)76(102-50-58-30-13-3-14-31-58)79(109-67)111-74-69(88-77(94)66(100-48-56-26-9-1-10-27-56)42-25-45-85-80(95)103-51-59-32-15-4-16-33-59)73(101-49-57-28-11-2-12-29-57)70(90-84(99)107-55-63-40-23-8-24-41-63)75(72(74)93)110-78-65(87-82(97)105-53-61-36-19-6-20-37-61)44-43-64(108-78)46-86-81(96)104-52-60-34-17-5-18-35-60/h1-24,26-41,64-76,78-79,91-93H,25,42-55H2,(H,85,95)(H,86,96)(H,87,97)(H,88,94)(H,89,98)(H,90,99)/t64?,65?,66-,67?,68-,69+,70-,71+,72?,73?,74-,75?,76?,78+,79+/m0/s1. The summed E-state index contributed by atoms with van der Waals surface area (Å²) in [6.07, 6.45) is -22.1. The maximum absolute atomic E-state index is 15.9. The molecule has 0 radical (unpaired) electrons. The van der Waals surface area contributed by atoms with E-state index in [1.807, 2.05) is 84.9 Å². The Morgan fingerprint density at radius 1 is 0.378 bits per heavy atom. The van der Waals surface area contributed by atoms with Gasteiger partial charge >= 0.3 is 30.5 Å². The van der Waals surface area contributed by atoms with Gasteiger partial charge in [-0.3, -0.25) is 4.79 Å². The number of hydrogen-bond acceptors (Lipinski definition) is 21. The Morgan fingerprint density at radius 2 is 0.748 bits per heavy atom. The minimum Gasteiger partial charge on any atom is -0.445 e. The van der Waals surface area contributed by atoms with E-state index in [4.69, 9.17) is 56.8 Å². The molecule has 2 heterocycles. The fourth-order valence-corrected chi connectivity index (χ4v) is 13.0. The first-order chi connectivity index (χ1) is 54.3. The Labute approximate surface area is 643 Å². The van der Waals surface area contributed by atoms with Gasteiger partial charge in [0.2, 0.25) is 5.91 Å². The summed E-state index contributed by atoms with van der Waals surface area (Å²) in [4.78, 5) is 85.7.